The minimum Gasteiger partial charge on any atom is -0.393 e. The Kier molecular flexibility index (Phi) is 5.75. The van der Waals surface area contributed by atoms with Crippen LogP contribution in [0.3, 0.4) is 0 Å². The molecule has 16 heavy (non-hydrogen) atoms. The van der Waals surface area contributed by atoms with Gasteiger partial charge in [0.25, 0.3) is 0 Å². The monoisotopic (exact) mass is 223 g/mol. The number of benzene rings is 1. The van der Waals surface area contributed by atoms with Crippen LogP contribution in [0.25, 0.3) is 6.08 Å². The summed E-state index contributed by atoms with van der Waals surface area (Å²) in [6, 6.07) is 6.37. The van der Waals surface area contributed by atoms with Gasteiger partial charge in [0, 0.05) is 6.54 Å². The van der Waals surface area contributed by atoms with Crippen LogP contribution < -0.4 is 5.32 Å². The Hall–Kier alpha value is -1.19. The smallest absolute Gasteiger partial charge is 0.123 e. The van der Waals surface area contributed by atoms with E-state index in [0.29, 0.717) is 0 Å². The third-order valence-corrected chi connectivity index (χ3v) is 2.18. The first-order chi connectivity index (χ1) is 7.68. The molecule has 0 aliphatic rings. The highest BCUT2D eigenvalue weighted by Gasteiger charge is 1.92. The summed E-state index contributed by atoms with van der Waals surface area (Å²) < 4.78 is 12.6. The minimum absolute atomic E-state index is 0.216. The van der Waals surface area contributed by atoms with Crippen LogP contribution in [-0.2, 0) is 0 Å². The van der Waals surface area contributed by atoms with Gasteiger partial charge in [0.1, 0.15) is 5.82 Å². The number of aliphatic hydroxyl groups excluding tert-OH is 1. The van der Waals surface area contributed by atoms with Crippen LogP contribution in [0.5, 0.6) is 0 Å². The van der Waals surface area contributed by atoms with Crippen LogP contribution in [0.1, 0.15) is 18.9 Å². The second kappa shape index (κ2) is 7.14. The lowest BCUT2D eigenvalue weighted by Crippen LogP contribution is -2.18. The Balaban J connectivity index is 2.19. The second-order valence-corrected chi connectivity index (χ2v) is 3.80. The van der Waals surface area contributed by atoms with E-state index in [1.165, 1.54) is 12.1 Å². The van der Waals surface area contributed by atoms with Crippen LogP contribution >= 0.6 is 0 Å². The first kappa shape index (κ1) is 12.9. The van der Waals surface area contributed by atoms with Crippen LogP contribution in [0.2, 0.25) is 0 Å². The third-order valence-electron chi connectivity index (χ3n) is 2.18. The maximum Gasteiger partial charge on any atom is 0.123 e. The van der Waals surface area contributed by atoms with Crippen molar-refractivity contribution in [2.24, 2.45) is 0 Å². The van der Waals surface area contributed by atoms with Crippen LogP contribution in [0.4, 0.5) is 4.39 Å². The molecular weight excluding hydrogens is 205 g/mol. The second-order valence-electron chi connectivity index (χ2n) is 3.80. The van der Waals surface area contributed by atoms with Gasteiger partial charge in [0.15, 0.2) is 0 Å². The summed E-state index contributed by atoms with van der Waals surface area (Å²) in [5.41, 5.74) is 0.985. The van der Waals surface area contributed by atoms with Crippen LogP contribution in [0.15, 0.2) is 30.3 Å². The summed E-state index contributed by atoms with van der Waals surface area (Å²) in [5, 5.41) is 12.2. The Morgan fingerprint density at radius 2 is 2.06 bits per heavy atom. The van der Waals surface area contributed by atoms with Gasteiger partial charge < -0.3 is 10.4 Å². The highest BCUT2D eigenvalue weighted by molar-refractivity contribution is 5.48. The van der Waals surface area contributed by atoms with Crippen molar-refractivity contribution in [2.45, 2.75) is 19.4 Å². The van der Waals surface area contributed by atoms with Gasteiger partial charge in [0.2, 0.25) is 0 Å². The molecule has 0 spiro atoms. The Bertz CT molecular complexity index is 319. The molecule has 1 aromatic rings. The first-order valence-electron chi connectivity index (χ1n) is 5.49. The zero-order valence-corrected chi connectivity index (χ0v) is 9.49. The fourth-order valence-electron chi connectivity index (χ4n) is 1.27. The molecule has 0 aromatic heterocycles. The third kappa shape index (κ3) is 5.63. The largest absolute Gasteiger partial charge is 0.393 e. The molecule has 0 heterocycles. The van der Waals surface area contributed by atoms with Crippen molar-refractivity contribution in [3.63, 3.8) is 0 Å². The van der Waals surface area contributed by atoms with E-state index in [1.54, 1.807) is 19.1 Å². The fraction of sp³-hybridized carbons (Fsp3) is 0.385. The number of hydrogen-bond acceptors (Lipinski definition) is 2. The normalized spacial score (nSPS) is 13.2. The van der Waals surface area contributed by atoms with Crippen LogP contribution in [0, 0.1) is 5.82 Å². The summed E-state index contributed by atoms with van der Waals surface area (Å²) in [6.45, 7) is 3.32. The molecular formula is C13H18FNO. The lowest BCUT2D eigenvalue weighted by atomic mass is 10.2. The van der Waals surface area contributed by atoms with Crippen molar-refractivity contribution in [2.75, 3.05) is 13.1 Å². The number of nitrogens with one attached hydrogen (secondary N) is 1. The molecule has 2 nitrogen and oxygen atoms in total. The van der Waals surface area contributed by atoms with Gasteiger partial charge in [-0.1, -0.05) is 24.3 Å². The van der Waals surface area contributed by atoms with Gasteiger partial charge in [-0.05, 0) is 37.6 Å². The molecule has 1 atom stereocenters. The number of halogens is 1. The topological polar surface area (TPSA) is 32.3 Å². The molecule has 88 valence electrons. The predicted molar refractivity (Wildman–Crippen MR) is 64.6 cm³/mol. The summed E-state index contributed by atoms with van der Waals surface area (Å²) in [5.74, 6) is -0.216. The van der Waals surface area contributed by atoms with E-state index in [1.807, 2.05) is 12.2 Å². The summed E-state index contributed by atoms with van der Waals surface area (Å²) >= 11 is 0. The van der Waals surface area contributed by atoms with Gasteiger partial charge >= 0.3 is 0 Å². The van der Waals surface area contributed by atoms with Gasteiger partial charge in [-0.15, -0.1) is 0 Å². The average molecular weight is 223 g/mol. The molecule has 2 N–H and O–H groups in total. The van der Waals surface area contributed by atoms with Crippen molar-refractivity contribution in [3.8, 4) is 0 Å². The maximum absolute atomic E-state index is 12.6. The van der Waals surface area contributed by atoms with Gasteiger partial charge in [0.05, 0.1) is 6.10 Å². The fourth-order valence-corrected chi connectivity index (χ4v) is 1.27. The van der Waals surface area contributed by atoms with Gasteiger partial charge in [-0.2, -0.15) is 0 Å². The Morgan fingerprint density at radius 3 is 2.69 bits per heavy atom. The van der Waals surface area contributed by atoms with E-state index in [0.717, 1.165) is 25.1 Å². The molecule has 0 radical (unpaired) electrons. The summed E-state index contributed by atoms with van der Waals surface area (Å²) in [6.07, 6.45) is 4.42. The minimum atomic E-state index is -0.256. The molecule has 0 fully saturated rings. The number of aliphatic hydroxyl groups is 1. The van der Waals surface area contributed by atoms with Crippen molar-refractivity contribution in [1.29, 1.82) is 0 Å². The maximum atomic E-state index is 12.6. The molecule has 0 saturated heterocycles. The zero-order chi connectivity index (χ0) is 11.8. The molecule has 0 saturated carbocycles. The van der Waals surface area contributed by atoms with Crippen molar-refractivity contribution in [3.05, 3.63) is 41.7 Å². The molecule has 1 rings (SSSR count). The van der Waals surface area contributed by atoms with Crippen molar-refractivity contribution in [1.82, 2.24) is 5.32 Å². The van der Waals surface area contributed by atoms with Crippen LogP contribution in [-0.4, -0.2) is 24.3 Å². The van der Waals surface area contributed by atoms with E-state index in [2.05, 4.69) is 5.32 Å². The molecule has 3 heteroatoms. The van der Waals surface area contributed by atoms with E-state index in [4.69, 9.17) is 5.11 Å². The lowest BCUT2D eigenvalue weighted by Gasteiger charge is -2.03. The quantitative estimate of drug-likeness (QED) is 0.725. The Labute approximate surface area is 95.8 Å². The summed E-state index contributed by atoms with van der Waals surface area (Å²) in [4.78, 5) is 0. The summed E-state index contributed by atoms with van der Waals surface area (Å²) in [7, 11) is 0. The van der Waals surface area contributed by atoms with Crippen molar-refractivity contribution >= 4 is 6.08 Å². The van der Waals surface area contributed by atoms with Gasteiger partial charge in [-0.3, -0.25) is 0 Å². The predicted octanol–water partition coefficient (Wildman–Crippen LogP) is 2.20. The first-order valence-corrected chi connectivity index (χ1v) is 5.49. The van der Waals surface area contributed by atoms with E-state index in [-0.39, 0.29) is 11.9 Å². The molecule has 0 aliphatic carbocycles. The van der Waals surface area contributed by atoms with Gasteiger partial charge in [-0.25, -0.2) is 4.39 Å². The molecule has 0 bridgehead atoms. The molecule has 0 amide bonds. The van der Waals surface area contributed by atoms with E-state index in [9.17, 15) is 4.39 Å². The Morgan fingerprint density at radius 1 is 1.38 bits per heavy atom. The highest BCUT2D eigenvalue weighted by Crippen LogP contribution is 2.03. The standard InChI is InChI=1S/C13H18FNO/c1-11(16)8-10-15-9-2-3-12-4-6-13(14)7-5-12/h2-7,11,15-16H,8-10H2,1H3/b3-2+. The number of hydrogen-bond donors (Lipinski definition) is 2. The highest BCUT2D eigenvalue weighted by atomic mass is 19.1. The average Bonchev–Trinajstić information content (AvgIpc) is 2.25. The lowest BCUT2D eigenvalue weighted by molar-refractivity contribution is 0.184. The molecule has 1 aromatic carbocycles. The van der Waals surface area contributed by atoms with Crippen molar-refractivity contribution < 1.29 is 9.50 Å². The number of rotatable bonds is 6. The molecule has 1 unspecified atom stereocenters. The SMILES string of the molecule is CC(O)CCNC/C=C/c1ccc(F)cc1. The zero-order valence-electron chi connectivity index (χ0n) is 9.49. The van der Waals surface area contributed by atoms with E-state index >= 15 is 0 Å². The van der Waals surface area contributed by atoms with E-state index < -0.39 is 0 Å². The molecule has 0 aliphatic heterocycles.